The zero-order valence-corrected chi connectivity index (χ0v) is 13.0. The maximum Gasteiger partial charge on any atom is 0.356 e. The van der Waals surface area contributed by atoms with Gasteiger partial charge in [0.15, 0.2) is 5.69 Å². The number of hydrogen-bond acceptors (Lipinski definition) is 3. The molecular weight excluding hydrogens is 316 g/mol. The lowest BCUT2D eigenvalue weighted by Crippen LogP contribution is -1.97. The predicted molar refractivity (Wildman–Crippen MR) is 87.5 cm³/mol. The van der Waals surface area contributed by atoms with Gasteiger partial charge in [-0.1, -0.05) is 17.7 Å². The molecular formula is C17H13ClN2O3. The summed E-state index contributed by atoms with van der Waals surface area (Å²) >= 11 is 5.91. The van der Waals surface area contributed by atoms with Crippen LogP contribution in [-0.4, -0.2) is 27.7 Å². The molecule has 6 heteroatoms. The highest BCUT2D eigenvalue weighted by atomic mass is 35.5. The lowest BCUT2D eigenvalue weighted by Gasteiger charge is -2.09. The van der Waals surface area contributed by atoms with Gasteiger partial charge in [-0.15, -0.1) is 0 Å². The van der Waals surface area contributed by atoms with Crippen LogP contribution in [0.1, 0.15) is 10.5 Å². The number of halogens is 1. The summed E-state index contributed by atoms with van der Waals surface area (Å²) in [5.41, 5.74) is 1.50. The van der Waals surface area contributed by atoms with Crippen LogP contribution in [0.5, 0.6) is 5.75 Å². The first-order chi connectivity index (χ1) is 11.1. The molecule has 0 bridgehead atoms. The quantitative estimate of drug-likeness (QED) is 0.789. The van der Waals surface area contributed by atoms with Crippen molar-refractivity contribution < 1.29 is 14.6 Å². The van der Waals surface area contributed by atoms with Gasteiger partial charge < -0.3 is 9.84 Å². The predicted octanol–water partition coefficient (Wildman–Crippen LogP) is 3.90. The van der Waals surface area contributed by atoms with E-state index in [2.05, 4.69) is 4.98 Å². The highest BCUT2D eigenvalue weighted by molar-refractivity contribution is 6.30. The Labute approximate surface area is 137 Å². The Morgan fingerprint density at radius 2 is 1.96 bits per heavy atom. The lowest BCUT2D eigenvalue weighted by atomic mass is 10.2. The van der Waals surface area contributed by atoms with Crippen LogP contribution in [0.3, 0.4) is 0 Å². The van der Waals surface area contributed by atoms with Gasteiger partial charge in [0.05, 0.1) is 12.8 Å². The Balaban J connectivity index is 2.18. The molecule has 0 atom stereocenters. The highest BCUT2D eigenvalue weighted by Crippen LogP contribution is 2.26. The molecule has 5 nitrogen and oxygen atoms in total. The number of ether oxygens (including phenoxy) is 1. The molecule has 3 aromatic rings. The number of carboxylic acids is 1. The van der Waals surface area contributed by atoms with Crippen LogP contribution in [0.2, 0.25) is 5.02 Å². The lowest BCUT2D eigenvalue weighted by molar-refractivity contribution is 0.0691. The third kappa shape index (κ3) is 3.05. The van der Waals surface area contributed by atoms with E-state index in [1.54, 1.807) is 35.9 Å². The topological polar surface area (TPSA) is 64.3 Å². The first-order valence-electron chi connectivity index (χ1n) is 6.81. The van der Waals surface area contributed by atoms with E-state index in [0.717, 1.165) is 11.3 Å². The third-order valence-corrected chi connectivity index (χ3v) is 3.61. The van der Waals surface area contributed by atoms with Crippen molar-refractivity contribution in [1.29, 1.82) is 0 Å². The number of rotatable bonds is 4. The van der Waals surface area contributed by atoms with E-state index in [-0.39, 0.29) is 5.69 Å². The van der Waals surface area contributed by atoms with Gasteiger partial charge in [-0.25, -0.2) is 9.78 Å². The second kappa shape index (κ2) is 6.14. The Bertz CT molecular complexity index is 857. The van der Waals surface area contributed by atoms with Crippen LogP contribution in [-0.2, 0) is 0 Å². The van der Waals surface area contributed by atoms with Crippen LogP contribution in [0.15, 0.2) is 54.7 Å². The fourth-order valence-electron chi connectivity index (χ4n) is 2.24. The van der Waals surface area contributed by atoms with Gasteiger partial charge in [-0.2, -0.15) is 0 Å². The minimum Gasteiger partial charge on any atom is -0.497 e. The number of carbonyl (C=O) groups is 1. The molecule has 0 saturated heterocycles. The van der Waals surface area contributed by atoms with E-state index >= 15 is 0 Å². The number of aromatic nitrogens is 2. The Hall–Kier alpha value is -2.79. The molecule has 0 aliphatic rings. The van der Waals surface area contributed by atoms with Gasteiger partial charge in [-0.05, 0) is 36.4 Å². The summed E-state index contributed by atoms with van der Waals surface area (Å²) in [6.07, 6.45) is 1.49. The largest absolute Gasteiger partial charge is 0.497 e. The number of imidazole rings is 1. The number of methoxy groups -OCH3 is 1. The minimum atomic E-state index is -1.08. The van der Waals surface area contributed by atoms with Crippen molar-refractivity contribution in [3.63, 3.8) is 0 Å². The molecule has 0 spiro atoms. The summed E-state index contributed by atoms with van der Waals surface area (Å²) in [4.78, 5) is 15.5. The van der Waals surface area contributed by atoms with E-state index in [0.29, 0.717) is 16.6 Å². The second-order valence-corrected chi connectivity index (χ2v) is 5.27. The first-order valence-corrected chi connectivity index (χ1v) is 7.19. The molecule has 116 valence electrons. The number of carboxylic acid groups (broad SMARTS) is 1. The van der Waals surface area contributed by atoms with Crippen molar-refractivity contribution in [1.82, 2.24) is 9.55 Å². The van der Waals surface area contributed by atoms with Crippen LogP contribution in [0.25, 0.3) is 17.1 Å². The summed E-state index contributed by atoms with van der Waals surface area (Å²) < 4.78 is 6.94. The summed E-state index contributed by atoms with van der Waals surface area (Å²) in [5.74, 6) is 0.115. The smallest absolute Gasteiger partial charge is 0.356 e. The van der Waals surface area contributed by atoms with Crippen LogP contribution in [0.4, 0.5) is 0 Å². The summed E-state index contributed by atoms with van der Waals surface area (Å²) in [5, 5.41) is 9.84. The molecule has 0 radical (unpaired) electrons. The van der Waals surface area contributed by atoms with Gasteiger partial charge in [-0.3, -0.25) is 4.57 Å². The van der Waals surface area contributed by atoms with Crippen LogP contribution < -0.4 is 4.74 Å². The molecule has 0 fully saturated rings. The van der Waals surface area contributed by atoms with E-state index < -0.39 is 5.97 Å². The summed E-state index contributed by atoms with van der Waals surface area (Å²) in [6.45, 7) is 0. The number of nitrogens with zero attached hydrogens (tertiary/aromatic N) is 2. The highest BCUT2D eigenvalue weighted by Gasteiger charge is 2.16. The van der Waals surface area contributed by atoms with Crippen molar-refractivity contribution in [2.75, 3.05) is 7.11 Å². The maximum absolute atomic E-state index is 11.3. The number of hydrogen-bond donors (Lipinski definition) is 1. The van der Waals surface area contributed by atoms with Gasteiger partial charge in [0.2, 0.25) is 0 Å². The fourth-order valence-corrected chi connectivity index (χ4v) is 2.37. The van der Waals surface area contributed by atoms with Gasteiger partial charge in [0.25, 0.3) is 0 Å². The molecule has 1 heterocycles. The molecule has 23 heavy (non-hydrogen) atoms. The van der Waals surface area contributed by atoms with Crippen LogP contribution >= 0.6 is 11.6 Å². The molecule has 0 aliphatic heterocycles. The van der Waals surface area contributed by atoms with Crippen molar-refractivity contribution >= 4 is 17.6 Å². The molecule has 1 N–H and O–H groups in total. The van der Waals surface area contributed by atoms with E-state index in [4.69, 9.17) is 16.3 Å². The summed E-state index contributed by atoms with van der Waals surface area (Å²) in [6, 6.07) is 14.4. The standard InChI is InChI=1S/C17H13ClN2O3/c1-23-14-4-2-3-13(9-14)20-10-15(17(21)22)19-16(20)11-5-7-12(18)8-6-11/h2-10H,1H3,(H,21,22). The molecule has 1 aromatic heterocycles. The molecule has 0 unspecified atom stereocenters. The zero-order chi connectivity index (χ0) is 16.4. The van der Waals surface area contributed by atoms with Crippen molar-refractivity contribution in [3.8, 4) is 22.8 Å². The van der Waals surface area contributed by atoms with E-state index in [9.17, 15) is 9.90 Å². The number of aromatic carboxylic acids is 1. The van der Waals surface area contributed by atoms with Crippen LogP contribution in [0, 0.1) is 0 Å². The van der Waals surface area contributed by atoms with Gasteiger partial charge in [0, 0.05) is 22.8 Å². The van der Waals surface area contributed by atoms with E-state index in [1.807, 2.05) is 24.3 Å². The van der Waals surface area contributed by atoms with E-state index in [1.165, 1.54) is 6.20 Å². The molecule has 0 aliphatic carbocycles. The monoisotopic (exact) mass is 328 g/mol. The van der Waals surface area contributed by atoms with Crippen molar-refractivity contribution in [2.45, 2.75) is 0 Å². The fraction of sp³-hybridized carbons (Fsp3) is 0.0588. The molecule has 0 saturated carbocycles. The first kappa shape index (κ1) is 15.1. The third-order valence-electron chi connectivity index (χ3n) is 3.36. The number of benzene rings is 2. The Kier molecular flexibility index (Phi) is 4.04. The molecule has 3 rings (SSSR count). The molecule has 0 amide bonds. The average molecular weight is 329 g/mol. The maximum atomic E-state index is 11.3. The SMILES string of the molecule is COc1cccc(-n2cc(C(=O)O)nc2-c2ccc(Cl)cc2)c1. The Morgan fingerprint density at radius 1 is 1.22 bits per heavy atom. The zero-order valence-electron chi connectivity index (χ0n) is 12.2. The minimum absolute atomic E-state index is 0.0298. The van der Waals surface area contributed by atoms with Crippen molar-refractivity contribution in [3.05, 3.63) is 65.4 Å². The van der Waals surface area contributed by atoms with Gasteiger partial charge in [0.1, 0.15) is 11.6 Å². The Morgan fingerprint density at radius 3 is 2.61 bits per heavy atom. The normalized spacial score (nSPS) is 10.5. The van der Waals surface area contributed by atoms with Gasteiger partial charge >= 0.3 is 5.97 Å². The molecule has 2 aromatic carbocycles. The summed E-state index contributed by atoms with van der Waals surface area (Å²) in [7, 11) is 1.58. The van der Waals surface area contributed by atoms with Crippen molar-refractivity contribution in [2.24, 2.45) is 0 Å². The second-order valence-electron chi connectivity index (χ2n) is 4.83. The average Bonchev–Trinajstić information content (AvgIpc) is 3.01.